The van der Waals surface area contributed by atoms with Gasteiger partial charge in [0.05, 0.1) is 10.9 Å². The average Bonchev–Trinajstić information content (AvgIpc) is 3.63. The van der Waals surface area contributed by atoms with Gasteiger partial charge < -0.3 is 5.32 Å². The Morgan fingerprint density at radius 2 is 1.82 bits per heavy atom. The van der Waals surface area contributed by atoms with Gasteiger partial charge in [-0.15, -0.1) is 0 Å². The van der Waals surface area contributed by atoms with Crippen LogP contribution in [0.5, 0.6) is 0 Å². The summed E-state index contributed by atoms with van der Waals surface area (Å²) in [4.78, 5) is 13.0. The van der Waals surface area contributed by atoms with Gasteiger partial charge in [0.15, 0.2) is 0 Å². The van der Waals surface area contributed by atoms with Crippen LogP contribution in [0.1, 0.15) is 48.1 Å². The molecule has 2 aliphatic rings. The molecule has 6 heteroatoms. The predicted molar refractivity (Wildman–Crippen MR) is 108 cm³/mol. The molecule has 2 aromatic carbocycles. The first-order valence-corrected chi connectivity index (χ1v) is 11.4. The Morgan fingerprint density at radius 1 is 1.11 bits per heavy atom. The molecule has 3 unspecified atom stereocenters. The van der Waals surface area contributed by atoms with Gasteiger partial charge in [0.1, 0.15) is 0 Å². The maximum atomic E-state index is 12.9. The zero-order valence-corrected chi connectivity index (χ0v) is 16.8. The second-order valence-corrected chi connectivity index (χ2v) is 9.83. The first-order chi connectivity index (χ1) is 13.4. The SMILES string of the molecule is CC1CC1C(NC(=O)c1cccc(S(=O)(=O)NCC2CC2)c1)c1ccccc1. The molecule has 5 nitrogen and oxygen atoms in total. The number of hydrogen-bond donors (Lipinski definition) is 2. The van der Waals surface area contributed by atoms with Gasteiger partial charge in [-0.1, -0.05) is 43.3 Å². The number of hydrogen-bond acceptors (Lipinski definition) is 3. The quantitative estimate of drug-likeness (QED) is 0.715. The van der Waals surface area contributed by atoms with Crippen molar-refractivity contribution >= 4 is 15.9 Å². The van der Waals surface area contributed by atoms with Gasteiger partial charge in [0.2, 0.25) is 10.0 Å². The molecule has 0 spiro atoms. The van der Waals surface area contributed by atoms with Gasteiger partial charge in [-0.3, -0.25) is 4.79 Å². The van der Waals surface area contributed by atoms with E-state index in [1.54, 1.807) is 12.1 Å². The van der Waals surface area contributed by atoms with Gasteiger partial charge in [-0.05, 0) is 60.8 Å². The van der Waals surface area contributed by atoms with Crippen molar-refractivity contribution in [3.05, 3.63) is 65.7 Å². The largest absolute Gasteiger partial charge is 0.345 e. The topological polar surface area (TPSA) is 75.3 Å². The molecule has 4 rings (SSSR count). The van der Waals surface area contributed by atoms with Gasteiger partial charge in [-0.2, -0.15) is 0 Å². The lowest BCUT2D eigenvalue weighted by Gasteiger charge is -2.19. The highest BCUT2D eigenvalue weighted by Crippen LogP contribution is 2.47. The fourth-order valence-electron chi connectivity index (χ4n) is 3.58. The number of rotatable bonds is 8. The monoisotopic (exact) mass is 398 g/mol. The Bertz CT molecular complexity index is 955. The molecule has 2 aliphatic carbocycles. The molecule has 0 bridgehead atoms. The number of sulfonamides is 1. The van der Waals surface area contributed by atoms with Crippen LogP contribution < -0.4 is 10.0 Å². The minimum atomic E-state index is -3.59. The maximum absolute atomic E-state index is 12.9. The van der Waals surface area contributed by atoms with Crippen LogP contribution in [0.2, 0.25) is 0 Å². The van der Waals surface area contributed by atoms with Crippen molar-refractivity contribution in [1.82, 2.24) is 10.0 Å². The van der Waals surface area contributed by atoms with Crippen molar-refractivity contribution in [2.45, 2.75) is 37.1 Å². The van der Waals surface area contributed by atoms with Crippen molar-refractivity contribution < 1.29 is 13.2 Å². The van der Waals surface area contributed by atoms with Crippen LogP contribution >= 0.6 is 0 Å². The Morgan fingerprint density at radius 3 is 2.46 bits per heavy atom. The van der Waals surface area contributed by atoms with Crippen LogP contribution in [0.4, 0.5) is 0 Å². The lowest BCUT2D eigenvalue weighted by Crippen LogP contribution is -2.31. The Labute approximate surface area is 166 Å². The van der Waals surface area contributed by atoms with E-state index in [9.17, 15) is 13.2 Å². The predicted octanol–water partition coefficient (Wildman–Crippen LogP) is 3.50. The van der Waals surface area contributed by atoms with Gasteiger partial charge in [0, 0.05) is 12.1 Å². The minimum Gasteiger partial charge on any atom is -0.345 e. The number of carbonyl (C=O) groups is 1. The second kappa shape index (κ2) is 7.68. The normalized spacial score (nSPS) is 22.5. The fourth-order valence-corrected chi connectivity index (χ4v) is 4.74. The highest BCUT2D eigenvalue weighted by Gasteiger charge is 2.41. The average molecular weight is 399 g/mol. The van der Waals surface area contributed by atoms with Crippen LogP contribution in [-0.4, -0.2) is 20.9 Å². The van der Waals surface area contributed by atoms with Crippen molar-refractivity contribution in [2.24, 2.45) is 17.8 Å². The van der Waals surface area contributed by atoms with Gasteiger partial charge in [0.25, 0.3) is 5.91 Å². The Hall–Kier alpha value is -2.18. The molecular formula is C22H26N2O3S. The van der Waals surface area contributed by atoms with E-state index in [0.717, 1.165) is 24.8 Å². The third-order valence-electron chi connectivity index (χ3n) is 5.71. The van der Waals surface area contributed by atoms with E-state index < -0.39 is 10.0 Å². The fraction of sp³-hybridized carbons (Fsp3) is 0.409. The highest BCUT2D eigenvalue weighted by atomic mass is 32.2. The Kier molecular flexibility index (Phi) is 5.25. The zero-order valence-electron chi connectivity index (χ0n) is 16.0. The van der Waals surface area contributed by atoms with Gasteiger partial charge >= 0.3 is 0 Å². The van der Waals surface area contributed by atoms with Crippen molar-refractivity contribution in [2.75, 3.05) is 6.54 Å². The number of benzene rings is 2. The van der Waals surface area contributed by atoms with Crippen LogP contribution in [-0.2, 0) is 10.0 Å². The third-order valence-corrected chi connectivity index (χ3v) is 7.13. The van der Waals surface area contributed by atoms with Crippen molar-refractivity contribution in [1.29, 1.82) is 0 Å². The smallest absolute Gasteiger partial charge is 0.251 e. The molecule has 2 aromatic rings. The van der Waals surface area contributed by atoms with Crippen LogP contribution in [0, 0.1) is 17.8 Å². The van der Waals surface area contributed by atoms with E-state index in [-0.39, 0.29) is 16.8 Å². The number of amides is 1. The Balaban J connectivity index is 1.51. The van der Waals surface area contributed by atoms with E-state index >= 15 is 0 Å². The molecule has 0 aliphatic heterocycles. The zero-order chi connectivity index (χ0) is 19.7. The lowest BCUT2D eigenvalue weighted by molar-refractivity contribution is 0.0930. The van der Waals surface area contributed by atoms with E-state index in [1.165, 1.54) is 12.1 Å². The standard InChI is InChI=1S/C22H26N2O3S/c1-15-12-20(15)21(17-6-3-2-4-7-17)24-22(25)18-8-5-9-19(13-18)28(26,27)23-14-16-10-11-16/h2-9,13,15-16,20-21,23H,10-12,14H2,1H3,(H,24,25). The molecule has 0 saturated heterocycles. The van der Waals surface area contributed by atoms with Crippen molar-refractivity contribution in [3.63, 3.8) is 0 Å². The summed E-state index contributed by atoms with van der Waals surface area (Å²) in [5.41, 5.74) is 1.45. The lowest BCUT2D eigenvalue weighted by atomic mass is 10.0. The molecule has 0 radical (unpaired) electrons. The van der Waals surface area contributed by atoms with E-state index in [1.807, 2.05) is 30.3 Å². The summed E-state index contributed by atoms with van der Waals surface area (Å²) in [5, 5.41) is 3.13. The molecule has 28 heavy (non-hydrogen) atoms. The van der Waals surface area contributed by atoms with E-state index in [0.29, 0.717) is 29.9 Å². The molecule has 2 saturated carbocycles. The summed E-state index contributed by atoms with van der Waals surface area (Å²) in [5.74, 6) is 1.20. The first-order valence-electron chi connectivity index (χ1n) is 9.89. The number of nitrogens with one attached hydrogen (secondary N) is 2. The molecule has 148 valence electrons. The molecular weight excluding hydrogens is 372 g/mol. The summed E-state index contributed by atoms with van der Waals surface area (Å²) in [7, 11) is -3.59. The first kappa shape index (κ1) is 19.2. The van der Waals surface area contributed by atoms with Crippen LogP contribution in [0.15, 0.2) is 59.5 Å². The number of carbonyl (C=O) groups excluding carboxylic acids is 1. The summed E-state index contributed by atoms with van der Waals surface area (Å²) in [6.45, 7) is 2.65. The molecule has 0 aromatic heterocycles. The molecule has 2 fully saturated rings. The molecule has 1 amide bonds. The van der Waals surface area contributed by atoms with Crippen molar-refractivity contribution in [3.8, 4) is 0 Å². The summed E-state index contributed by atoms with van der Waals surface area (Å²) in [6.07, 6.45) is 3.23. The molecule has 0 heterocycles. The summed E-state index contributed by atoms with van der Waals surface area (Å²) >= 11 is 0. The summed E-state index contributed by atoms with van der Waals surface area (Å²) in [6, 6.07) is 16.2. The molecule has 3 atom stereocenters. The molecule has 2 N–H and O–H groups in total. The second-order valence-electron chi connectivity index (χ2n) is 8.06. The summed E-state index contributed by atoms with van der Waals surface area (Å²) < 4.78 is 27.6. The van der Waals surface area contributed by atoms with Crippen LogP contribution in [0.3, 0.4) is 0 Å². The van der Waals surface area contributed by atoms with Crippen LogP contribution in [0.25, 0.3) is 0 Å². The van der Waals surface area contributed by atoms with Gasteiger partial charge in [-0.25, -0.2) is 13.1 Å². The maximum Gasteiger partial charge on any atom is 0.251 e. The van der Waals surface area contributed by atoms with E-state index in [4.69, 9.17) is 0 Å². The minimum absolute atomic E-state index is 0.0584. The highest BCUT2D eigenvalue weighted by molar-refractivity contribution is 7.89. The third kappa shape index (κ3) is 4.45. The van der Waals surface area contributed by atoms with E-state index in [2.05, 4.69) is 17.0 Å².